The molecule has 2 atom stereocenters. The molecule has 1 aromatic rings. The predicted molar refractivity (Wildman–Crippen MR) is 76.9 cm³/mol. The molecule has 1 aromatic carbocycles. The number of thioether (sulfide) groups is 1. The molecule has 6 heteroatoms. The van der Waals surface area contributed by atoms with Gasteiger partial charge in [-0.3, -0.25) is 0 Å². The van der Waals surface area contributed by atoms with Crippen molar-refractivity contribution in [2.24, 2.45) is 0 Å². The van der Waals surface area contributed by atoms with Crippen LogP contribution in [-0.4, -0.2) is 29.8 Å². The minimum absolute atomic E-state index is 0.127. The van der Waals surface area contributed by atoms with Crippen LogP contribution >= 0.6 is 11.8 Å². The van der Waals surface area contributed by atoms with Gasteiger partial charge in [0.25, 0.3) is 0 Å². The van der Waals surface area contributed by atoms with Gasteiger partial charge in [0.1, 0.15) is 0 Å². The molecular formula is C14H20F3NOS. The lowest BCUT2D eigenvalue weighted by Crippen LogP contribution is -2.20. The Balaban J connectivity index is 2.75. The molecule has 2 unspecified atom stereocenters. The van der Waals surface area contributed by atoms with Crippen LogP contribution in [0.4, 0.5) is 13.2 Å². The largest absolute Gasteiger partial charge is 0.416 e. The minimum Gasteiger partial charge on any atom is -0.396 e. The first kappa shape index (κ1) is 17.3. The second kappa shape index (κ2) is 7.90. The van der Waals surface area contributed by atoms with Crippen LogP contribution in [0.3, 0.4) is 0 Å². The van der Waals surface area contributed by atoms with E-state index in [1.165, 1.54) is 12.1 Å². The van der Waals surface area contributed by atoms with Gasteiger partial charge in [-0.2, -0.15) is 24.9 Å². The molecule has 114 valence electrons. The fourth-order valence-electron chi connectivity index (χ4n) is 1.80. The molecule has 0 saturated heterocycles. The lowest BCUT2D eigenvalue weighted by Gasteiger charge is -2.20. The van der Waals surface area contributed by atoms with Gasteiger partial charge in [0.2, 0.25) is 0 Å². The van der Waals surface area contributed by atoms with Gasteiger partial charge in [0.15, 0.2) is 0 Å². The Bertz CT molecular complexity index is 412. The molecule has 0 bridgehead atoms. The lowest BCUT2D eigenvalue weighted by atomic mass is 10.1. The molecule has 2 nitrogen and oxygen atoms in total. The molecule has 0 aliphatic heterocycles. The first-order valence-electron chi connectivity index (χ1n) is 6.45. The molecular weight excluding hydrogens is 287 g/mol. The van der Waals surface area contributed by atoms with Crippen molar-refractivity contribution >= 4 is 11.8 Å². The lowest BCUT2D eigenvalue weighted by molar-refractivity contribution is -0.137. The van der Waals surface area contributed by atoms with Crippen LogP contribution in [0.2, 0.25) is 0 Å². The van der Waals surface area contributed by atoms with E-state index in [4.69, 9.17) is 5.11 Å². The van der Waals surface area contributed by atoms with E-state index in [2.05, 4.69) is 5.32 Å². The van der Waals surface area contributed by atoms with E-state index in [0.29, 0.717) is 17.7 Å². The maximum absolute atomic E-state index is 12.7. The zero-order valence-electron chi connectivity index (χ0n) is 11.6. The van der Waals surface area contributed by atoms with Crippen molar-refractivity contribution in [1.82, 2.24) is 5.32 Å². The average Bonchev–Trinajstić information content (AvgIpc) is 2.39. The normalized spacial score (nSPS) is 15.1. The van der Waals surface area contributed by atoms with Crippen LogP contribution in [-0.2, 0) is 6.18 Å². The Morgan fingerprint density at radius 3 is 2.60 bits per heavy atom. The Hall–Kier alpha value is -0.720. The number of nitrogens with one attached hydrogen (secondary N) is 1. The molecule has 2 N–H and O–H groups in total. The van der Waals surface area contributed by atoms with E-state index in [9.17, 15) is 13.2 Å². The Kier molecular flexibility index (Phi) is 6.85. The standard InChI is InChI=1S/C14H20F3NOS/c1-10(6-7-19)20-9-13(18-2)11-4-3-5-12(8-11)14(15,16)17/h3-5,8,10,13,18-19H,6-7,9H2,1-2H3. The summed E-state index contributed by atoms with van der Waals surface area (Å²) < 4.78 is 38.1. The van der Waals surface area contributed by atoms with Crippen LogP contribution in [0.15, 0.2) is 24.3 Å². The monoisotopic (exact) mass is 307 g/mol. The van der Waals surface area contributed by atoms with Crippen molar-refractivity contribution in [3.05, 3.63) is 35.4 Å². The number of rotatable bonds is 7. The minimum atomic E-state index is -4.31. The number of alkyl halides is 3. The van der Waals surface area contributed by atoms with Crippen molar-refractivity contribution < 1.29 is 18.3 Å². The third-order valence-corrected chi connectivity index (χ3v) is 4.38. The second-order valence-electron chi connectivity index (χ2n) is 4.62. The van der Waals surface area contributed by atoms with Gasteiger partial charge in [-0.05, 0) is 31.2 Å². The summed E-state index contributed by atoms with van der Waals surface area (Å²) in [7, 11) is 1.74. The van der Waals surface area contributed by atoms with E-state index in [1.807, 2.05) is 6.92 Å². The topological polar surface area (TPSA) is 32.3 Å². The van der Waals surface area contributed by atoms with E-state index in [0.717, 1.165) is 6.07 Å². The number of benzene rings is 1. The predicted octanol–water partition coefficient (Wildman–Crippen LogP) is 3.47. The highest BCUT2D eigenvalue weighted by atomic mass is 32.2. The average molecular weight is 307 g/mol. The number of aliphatic hydroxyl groups excluding tert-OH is 1. The molecule has 0 aliphatic rings. The molecule has 0 aromatic heterocycles. The summed E-state index contributed by atoms with van der Waals surface area (Å²) in [6.45, 7) is 2.13. The van der Waals surface area contributed by atoms with E-state index in [-0.39, 0.29) is 17.9 Å². The highest BCUT2D eigenvalue weighted by Crippen LogP contribution is 2.31. The summed E-state index contributed by atoms with van der Waals surface area (Å²) in [5.41, 5.74) is 0.00896. The third kappa shape index (κ3) is 5.34. The van der Waals surface area contributed by atoms with Gasteiger partial charge >= 0.3 is 6.18 Å². The van der Waals surface area contributed by atoms with Gasteiger partial charge in [-0.15, -0.1) is 0 Å². The zero-order valence-corrected chi connectivity index (χ0v) is 12.4. The quantitative estimate of drug-likeness (QED) is 0.809. The number of halogens is 3. The fraction of sp³-hybridized carbons (Fsp3) is 0.571. The van der Waals surface area contributed by atoms with Crippen molar-refractivity contribution in [2.75, 3.05) is 19.4 Å². The van der Waals surface area contributed by atoms with Crippen molar-refractivity contribution in [3.63, 3.8) is 0 Å². The summed E-state index contributed by atoms with van der Waals surface area (Å²) in [5, 5.41) is 12.2. The van der Waals surface area contributed by atoms with Gasteiger partial charge < -0.3 is 10.4 Å². The summed E-state index contributed by atoms with van der Waals surface area (Å²) in [5.74, 6) is 0.666. The second-order valence-corrected chi connectivity index (χ2v) is 6.09. The molecule has 0 saturated carbocycles. The fourth-order valence-corrected chi connectivity index (χ4v) is 2.96. The summed E-state index contributed by atoms with van der Waals surface area (Å²) in [6, 6.07) is 5.28. The van der Waals surface area contributed by atoms with Crippen LogP contribution in [0, 0.1) is 0 Å². The molecule has 1 rings (SSSR count). The summed E-state index contributed by atoms with van der Waals surface area (Å²) in [6.07, 6.45) is -3.63. The first-order chi connectivity index (χ1) is 9.38. The zero-order chi connectivity index (χ0) is 15.2. The Morgan fingerprint density at radius 2 is 2.05 bits per heavy atom. The van der Waals surface area contributed by atoms with Crippen LogP contribution < -0.4 is 5.32 Å². The van der Waals surface area contributed by atoms with Crippen molar-refractivity contribution in [3.8, 4) is 0 Å². The molecule has 0 fully saturated rings. The van der Waals surface area contributed by atoms with E-state index in [1.54, 1.807) is 24.9 Å². The van der Waals surface area contributed by atoms with Gasteiger partial charge in [0.05, 0.1) is 5.56 Å². The molecule has 0 amide bonds. The van der Waals surface area contributed by atoms with Crippen LogP contribution in [0.1, 0.15) is 30.5 Å². The Morgan fingerprint density at radius 1 is 1.35 bits per heavy atom. The van der Waals surface area contributed by atoms with E-state index >= 15 is 0 Å². The van der Waals surface area contributed by atoms with E-state index < -0.39 is 11.7 Å². The molecule has 0 spiro atoms. The van der Waals surface area contributed by atoms with Crippen LogP contribution in [0.5, 0.6) is 0 Å². The van der Waals surface area contributed by atoms with Crippen molar-refractivity contribution in [1.29, 1.82) is 0 Å². The summed E-state index contributed by atoms with van der Waals surface area (Å²) in [4.78, 5) is 0. The number of hydrogen-bond acceptors (Lipinski definition) is 3. The van der Waals surface area contributed by atoms with Crippen molar-refractivity contribution in [2.45, 2.75) is 30.8 Å². The Labute approximate surface area is 121 Å². The maximum Gasteiger partial charge on any atom is 0.416 e. The number of hydrogen-bond donors (Lipinski definition) is 2. The smallest absolute Gasteiger partial charge is 0.396 e. The molecule has 0 heterocycles. The summed E-state index contributed by atoms with van der Waals surface area (Å²) >= 11 is 1.64. The molecule has 20 heavy (non-hydrogen) atoms. The van der Waals surface area contributed by atoms with Gasteiger partial charge in [-0.1, -0.05) is 19.1 Å². The molecule has 0 aliphatic carbocycles. The molecule has 0 radical (unpaired) electrons. The first-order valence-corrected chi connectivity index (χ1v) is 7.50. The SMILES string of the molecule is CNC(CSC(C)CCO)c1cccc(C(F)(F)F)c1. The highest BCUT2D eigenvalue weighted by molar-refractivity contribution is 7.99. The van der Waals surface area contributed by atoms with Gasteiger partial charge in [-0.25, -0.2) is 0 Å². The highest BCUT2D eigenvalue weighted by Gasteiger charge is 2.30. The third-order valence-electron chi connectivity index (χ3n) is 3.05. The van der Waals surface area contributed by atoms with Crippen LogP contribution in [0.25, 0.3) is 0 Å². The van der Waals surface area contributed by atoms with Gasteiger partial charge in [0, 0.05) is 23.7 Å². The number of aliphatic hydroxyl groups is 1. The maximum atomic E-state index is 12.7.